The number of carbonyl (C=O) groups excluding carboxylic acids is 2. The van der Waals surface area contributed by atoms with Crippen LogP contribution >= 0.6 is 0 Å². The summed E-state index contributed by atoms with van der Waals surface area (Å²) in [7, 11) is 0. The maximum Gasteiger partial charge on any atom is 0.253 e. The minimum absolute atomic E-state index is 0.0190. The summed E-state index contributed by atoms with van der Waals surface area (Å²) >= 11 is 0. The van der Waals surface area contributed by atoms with Gasteiger partial charge < -0.3 is 14.2 Å². The Morgan fingerprint density at radius 1 is 0.897 bits per heavy atom. The van der Waals surface area contributed by atoms with Gasteiger partial charge in [-0.05, 0) is 37.1 Å². The van der Waals surface area contributed by atoms with Crippen LogP contribution in [0.5, 0.6) is 0 Å². The molecule has 1 saturated carbocycles. The Balaban J connectivity index is 1.24. The number of furan rings is 1. The fourth-order valence-electron chi connectivity index (χ4n) is 4.02. The zero-order chi connectivity index (χ0) is 19.8. The number of benzene rings is 1. The number of hydrogen-bond acceptors (Lipinski definition) is 4. The Kier molecular flexibility index (Phi) is 4.54. The van der Waals surface area contributed by atoms with E-state index in [0.29, 0.717) is 31.7 Å². The van der Waals surface area contributed by atoms with Gasteiger partial charge in [0.1, 0.15) is 5.52 Å². The average Bonchev–Trinajstić information content (AvgIpc) is 3.20. The van der Waals surface area contributed by atoms with E-state index in [1.165, 1.54) is 0 Å². The van der Waals surface area contributed by atoms with Gasteiger partial charge in [-0.15, -0.1) is 0 Å². The van der Waals surface area contributed by atoms with Gasteiger partial charge in [-0.1, -0.05) is 18.6 Å². The highest BCUT2D eigenvalue weighted by Crippen LogP contribution is 2.28. The summed E-state index contributed by atoms with van der Waals surface area (Å²) in [4.78, 5) is 33.6. The number of piperazine rings is 1. The van der Waals surface area contributed by atoms with Crippen molar-refractivity contribution >= 4 is 22.9 Å². The van der Waals surface area contributed by atoms with Crippen molar-refractivity contribution < 1.29 is 14.0 Å². The molecule has 148 valence electrons. The SMILES string of the molecule is O=C(c1ccc(-c2ccc3occc3n2)cc1)N1CCN(C(=O)C2CCC2)CC1. The highest BCUT2D eigenvalue weighted by atomic mass is 16.3. The molecule has 6 heteroatoms. The molecule has 0 spiro atoms. The van der Waals surface area contributed by atoms with Crippen LogP contribution in [0.2, 0.25) is 0 Å². The summed E-state index contributed by atoms with van der Waals surface area (Å²) in [5.41, 5.74) is 4.05. The van der Waals surface area contributed by atoms with Crippen molar-refractivity contribution in [1.82, 2.24) is 14.8 Å². The van der Waals surface area contributed by atoms with Gasteiger partial charge in [0.05, 0.1) is 12.0 Å². The molecule has 0 atom stereocenters. The number of hydrogen-bond donors (Lipinski definition) is 0. The molecule has 2 fully saturated rings. The second-order valence-electron chi connectivity index (χ2n) is 7.82. The van der Waals surface area contributed by atoms with E-state index in [1.54, 1.807) is 6.26 Å². The summed E-state index contributed by atoms with van der Waals surface area (Å²) in [6.07, 6.45) is 4.83. The van der Waals surface area contributed by atoms with Crippen molar-refractivity contribution in [3.8, 4) is 11.3 Å². The highest BCUT2D eigenvalue weighted by molar-refractivity contribution is 5.95. The van der Waals surface area contributed by atoms with Crippen molar-refractivity contribution in [2.75, 3.05) is 26.2 Å². The van der Waals surface area contributed by atoms with Gasteiger partial charge >= 0.3 is 0 Å². The van der Waals surface area contributed by atoms with Crippen molar-refractivity contribution in [1.29, 1.82) is 0 Å². The third-order valence-corrected chi connectivity index (χ3v) is 6.07. The molecule has 1 aliphatic carbocycles. The van der Waals surface area contributed by atoms with E-state index in [-0.39, 0.29) is 17.7 Å². The number of fused-ring (bicyclic) bond motifs is 1. The van der Waals surface area contributed by atoms with Gasteiger partial charge in [-0.2, -0.15) is 0 Å². The Labute approximate surface area is 169 Å². The lowest BCUT2D eigenvalue weighted by Crippen LogP contribution is -2.52. The summed E-state index contributed by atoms with van der Waals surface area (Å²) in [5.74, 6) is 0.514. The minimum Gasteiger partial charge on any atom is -0.463 e. The molecule has 0 N–H and O–H groups in total. The van der Waals surface area contributed by atoms with Crippen LogP contribution in [0.3, 0.4) is 0 Å². The van der Waals surface area contributed by atoms with Gasteiger partial charge in [-0.3, -0.25) is 9.59 Å². The molecule has 5 rings (SSSR count). The lowest BCUT2D eigenvalue weighted by Gasteiger charge is -2.38. The van der Waals surface area contributed by atoms with E-state index >= 15 is 0 Å². The van der Waals surface area contributed by atoms with Crippen molar-refractivity contribution in [2.45, 2.75) is 19.3 Å². The van der Waals surface area contributed by atoms with Crippen molar-refractivity contribution in [2.24, 2.45) is 5.92 Å². The maximum atomic E-state index is 12.9. The van der Waals surface area contributed by atoms with Crippen LogP contribution in [0.4, 0.5) is 0 Å². The van der Waals surface area contributed by atoms with Crippen LogP contribution in [-0.4, -0.2) is 52.8 Å². The zero-order valence-electron chi connectivity index (χ0n) is 16.2. The number of nitrogens with zero attached hydrogens (tertiary/aromatic N) is 3. The molecule has 6 nitrogen and oxygen atoms in total. The second-order valence-corrected chi connectivity index (χ2v) is 7.82. The van der Waals surface area contributed by atoms with Crippen LogP contribution in [-0.2, 0) is 4.79 Å². The largest absolute Gasteiger partial charge is 0.463 e. The molecule has 29 heavy (non-hydrogen) atoms. The topological polar surface area (TPSA) is 66.7 Å². The summed E-state index contributed by atoms with van der Waals surface area (Å²) < 4.78 is 5.33. The van der Waals surface area contributed by atoms with Gasteiger partial charge in [0, 0.05) is 49.3 Å². The first-order chi connectivity index (χ1) is 14.2. The molecule has 0 radical (unpaired) electrons. The van der Waals surface area contributed by atoms with Crippen molar-refractivity contribution in [3.05, 3.63) is 54.3 Å². The number of aromatic nitrogens is 1. The lowest BCUT2D eigenvalue weighted by molar-refractivity contribution is -0.139. The minimum atomic E-state index is 0.0190. The van der Waals surface area contributed by atoms with Crippen LogP contribution < -0.4 is 0 Å². The van der Waals surface area contributed by atoms with E-state index in [9.17, 15) is 9.59 Å². The number of pyridine rings is 1. The Hall–Kier alpha value is -3.15. The zero-order valence-corrected chi connectivity index (χ0v) is 16.2. The molecule has 2 aromatic heterocycles. The van der Waals surface area contributed by atoms with Crippen molar-refractivity contribution in [3.63, 3.8) is 0 Å². The number of carbonyl (C=O) groups is 2. The summed E-state index contributed by atoms with van der Waals surface area (Å²) in [6, 6.07) is 13.2. The van der Waals surface area contributed by atoms with Gasteiger partial charge in [0.15, 0.2) is 5.58 Å². The van der Waals surface area contributed by atoms with E-state index in [1.807, 2.05) is 52.3 Å². The van der Waals surface area contributed by atoms with Gasteiger partial charge in [0.2, 0.25) is 5.91 Å². The average molecular weight is 389 g/mol. The van der Waals surface area contributed by atoms with E-state index in [4.69, 9.17) is 4.42 Å². The summed E-state index contributed by atoms with van der Waals surface area (Å²) in [6.45, 7) is 2.46. The van der Waals surface area contributed by atoms with Crippen LogP contribution in [0.1, 0.15) is 29.6 Å². The molecule has 0 bridgehead atoms. The number of amides is 2. The maximum absolute atomic E-state index is 12.9. The molecule has 3 heterocycles. The fraction of sp³-hybridized carbons (Fsp3) is 0.348. The molecule has 2 aliphatic rings. The normalized spacial score (nSPS) is 17.4. The molecule has 1 aliphatic heterocycles. The predicted octanol–water partition coefficient (Wildman–Crippen LogP) is 3.58. The molecular formula is C23H23N3O3. The van der Waals surface area contributed by atoms with Crippen LogP contribution in [0.15, 0.2) is 53.1 Å². The smallest absolute Gasteiger partial charge is 0.253 e. The predicted molar refractivity (Wildman–Crippen MR) is 109 cm³/mol. The first kappa shape index (κ1) is 17.9. The third kappa shape index (κ3) is 3.39. The Bertz CT molecular complexity index is 1040. The molecule has 1 saturated heterocycles. The van der Waals surface area contributed by atoms with E-state index < -0.39 is 0 Å². The first-order valence-electron chi connectivity index (χ1n) is 10.2. The quantitative estimate of drug-likeness (QED) is 0.687. The standard InChI is InChI=1S/C23H23N3O3/c27-22(17-2-1-3-17)25-11-13-26(14-12-25)23(28)18-6-4-16(5-7-18)19-8-9-21-20(24-19)10-15-29-21/h4-10,15,17H,1-3,11-14H2. The van der Waals surface area contributed by atoms with Crippen LogP contribution in [0.25, 0.3) is 22.4 Å². The van der Waals surface area contributed by atoms with Crippen LogP contribution in [0, 0.1) is 5.92 Å². The van der Waals surface area contributed by atoms with Gasteiger partial charge in [0.25, 0.3) is 5.91 Å². The molecule has 0 unspecified atom stereocenters. The molecule has 3 aromatic rings. The Morgan fingerprint density at radius 2 is 1.62 bits per heavy atom. The Morgan fingerprint density at radius 3 is 2.31 bits per heavy atom. The molecular weight excluding hydrogens is 366 g/mol. The monoisotopic (exact) mass is 389 g/mol. The third-order valence-electron chi connectivity index (χ3n) is 6.07. The molecule has 2 amide bonds. The fourth-order valence-corrected chi connectivity index (χ4v) is 4.02. The van der Waals surface area contributed by atoms with E-state index in [0.717, 1.165) is 41.6 Å². The highest BCUT2D eigenvalue weighted by Gasteiger charge is 2.32. The van der Waals surface area contributed by atoms with Gasteiger partial charge in [-0.25, -0.2) is 4.98 Å². The number of rotatable bonds is 3. The summed E-state index contributed by atoms with van der Waals surface area (Å²) in [5, 5.41) is 0. The van der Waals surface area contributed by atoms with E-state index in [2.05, 4.69) is 4.98 Å². The second kappa shape index (κ2) is 7.35. The molecule has 1 aromatic carbocycles. The lowest BCUT2D eigenvalue weighted by atomic mass is 9.84. The first-order valence-corrected chi connectivity index (χ1v) is 10.2.